The molecular formula is C12H22N4O. The van der Waals surface area contributed by atoms with Gasteiger partial charge in [0.1, 0.15) is 0 Å². The number of nitrogens with zero attached hydrogens (tertiary/aromatic N) is 3. The van der Waals surface area contributed by atoms with Gasteiger partial charge < -0.3 is 10.2 Å². The molecule has 0 fully saturated rings. The molecule has 0 aliphatic heterocycles. The van der Waals surface area contributed by atoms with Crippen LogP contribution in [0.5, 0.6) is 0 Å². The van der Waals surface area contributed by atoms with E-state index in [9.17, 15) is 4.79 Å². The number of rotatable bonds is 6. The van der Waals surface area contributed by atoms with E-state index in [0.717, 1.165) is 18.8 Å². The van der Waals surface area contributed by atoms with Gasteiger partial charge >= 0.3 is 0 Å². The first-order valence-electron chi connectivity index (χ1n) is 6.01. The van der Waals surface area contributed by atoms with Crippen molar-refractivity contribution < 1.29 is 0 Å². The zero-order valence-corrected chi connectivity index (χ0v) is 11.1. The molecular weight excluding hydrogens is 216 g/mol. The molecule has 1 atom stereocenters. The van der Waals surface area contributed by atoms with Crippen molar-refractivity contribution in [2.45, 2.75) is 20.4 Å². The molecule has 5 nitrogen and oxygen atoms in total. The molecule has 5 heteroatoms. The average molecular weight is 238 g/mol. The Hall–Kier alpha value is -1.36. The molecule has 17 heavy (non-hydrogen) atoms. The second-order valence-electron chi connectivity index (χ2n) is 4.41. The fourth-order valence-corrected chi connectivity index (χ4v) is 1.66. The van der Waals surface area contributed by atoms with Crippen LogP contribution in [0.15, 0.2) is 17.1 Å². The summed E-state index contributed by atoms with van der Waals surface area (Å²) in [5.41, 5.74) is 0.834. The molecule has 1 N–H and O–H groups in total. The van der Waals surface area contributed by atoms with Crippen LogP contribution in [-0.2, 0) is 6.54 Å². The van der Waals surface area contributed by atoms with Crippen LogP contribution >= 0.6 is 0 Å². The van der Waals surface area contributed by atoms with Gasteiger partial charge in [-0.15, -0.1) is 0 Å². The molecule has 0 aliphatic carbocycles. The Morgan fingerprint density at radius 1 is 1.59 bits per heavy atom. The van der Waals surface area contributed by atoms with Gasteiger partial charge in [0.25, 0.3) is 5.56 Å². The summed E-state index contributed by atoms with van der Waals surface area (Å²) < 4.78 is 1.52. The van der Waals surface area contributed by atoms with Crippen molar-refractivity contribution in [2.75, 3.05) is 32.1 Å². The summed E-state index contributed by atoms with van der Waals surface area (Å²) in [5, 5.41) is 7.30. The molecule has 1 aromatic rings. The monoisotopic (exact) mass is 238 g/mol. The van der Waals surface area contributed by atoms with Crippen LogP contribution in [0.1, 0.15) is 13.8 Å². The fourth-order valence-electron chi connectivity index (χ4n) is 1.66. The summed E-state index contributed by atoms with van der Waals surface area (Å²) in [6.07, 6.45) is 1.75. The molecule has 0 saturated carbocycles. The van der Waals surface area contributed by atoms with Crippen LogP contribution in [0, 0.1) is 5.92 Å². The number of hydrogen-bond donors (Lipinski definition) is 1. The van der Waals surface area contributed by atoms with Gasteiger partial charge in [-0.1, -0.05) is 6.92 Å². The van der Waals surface area contributed by atoms with Crippen molar-refractivity contribution in [3.63, 3.8) is 0 Å². The highest BCUT2D eigenvalue weighted by atomic mass is 16.1. The van der Waals surface area contributed by atoms with Crippen molar-refractivity contribution in [3.8, 4) is 0 Å². The highest BCUT2D eigenvalue weighted by Gasteiger charge is 2.06. The van der Waals surface area contributed by atoms with Crippen LogP contribution in [0.4, 0.5) is 5.69 Å². The number of nitrogens with one attached hydrogen (secondary N) is 1. The fraction of sp³-hybridized carbons (Fsp3) is 0.667. The first kappa shape index (κ1) is 13.7. The lowest BCUT2D eigenvalue weighted by Crippen LogP contribution is -2.30. The third-order valence-electron chi connectivity index (χ3n) is 2.81. The maximum Gasteiger partial charge on any atom is 0.268 e. The second kappa shape index (κ2) is 6.39. The Morgan fingerprint density at radius 3 is 2.82 bits per heavy atom. The quantitative estimate of drug-likeness (QED) is 0.786. The van der Waals surface area contributed by atoms with Crippen molar-refractivity contribution in [3.05, 3.63) is 22.6 Å². The molecule has 0 bridgehead atoms. The Kier molecular flexibility index (Phi) is 5.15. The van der Waals surface area contributed by atoms with E-state index in [4.69, 9.17) is 0 Å². The molecule has 1 rings (SSSR count). The maximum atomic E-state index is 11.9. The number of aromatic nitrogens is 2. The van der Waals surface area contributed by atoms with Crippen LogP contribution in [0.3, 0.4) is 0 Å². The van der Waals surface area contributed by atoms with Crippen molar-refractivity contribution in [1.29, 1.82) is 0 Å². The number of anilines is 1. The smallest absolute Gasteiger partial charge is 0.268 e. The topological polar surface area (TPSA) is 50.2 Å². The number of hydrogen-bond acceptors (Lipinski definition) is 4. The van der Waals surface area contributed by atoms with Gasteiger partial charge in [-0.05, 0) is 26.4 Å². The normalized spacial score (nSPS) is 12.5. The molecule has 0 spiro atoms. The summed E-state index contributed by atoms with van der Waals surface area (Å²) >= 11 is 0. The third-order valence-corrected chi connectivity index (χ3v) is 2.81. The van der Waals surface area contributed by atoms with Gasteiger partial charge in [0.05, 0.1) is 11.9 Å². The van der Waals surface area contributed by atoms with Crippen LogP contribution in [0.25, 0.3) is 0 Å². The van der Waals surface area contributed by atoms with Gasteiger partial charge in [-0.25, -0.2) is 4.68 Å². The summed E-state index contributed by atoms with van der Waals surface area (Å²) in [5.74, 6) is 0.389. The van der Waals surface area contributed by atoms with Gasteiger partial charge in [0, 0.05) is 26.2 Å². The van der Waals surface area contributed by atoms with E-state index in [-0.39, 0.29) is 5.56 Å². The van der Waals surface area contributed by atoms with E-state index in [1.165, 1.54) is 4.68 Å². The Morgan fingerprint density at radius 2 is 2.29 bits per heavy atom. The minimum atomic E-state index is -0.0363. The van der Waals surface area contributed by atoms with E-state index >= 15 is 0 Å². The molecule has 96 valence electrons. The standard InChI is InChI=1S/C12H22N4O/c1-5-15(4)11-6-12(17)16(14-8-11)9-10(2)7-13-3/h6,8,10,13H,5,7,9H2,1-4H3. The molecule has 0 aliphatic rings. The van der Waals surface area contributed by atoms with E-state index in [0.29, 0.717) is 12.5 Å². The van der Waals surface area contributed by atoms with Crippen molar-refractivity contribution in [1.82, 2.24) is 15.1 Å². The van der Waals surface area contributed by atoms with Crippen molar-refractivity contribution in [2.24, 2.45) is 5.92 Å². The van der Waals surface area contributed by atoms with Gasteiger partial charge in [0.15, 0.2) is 0 Å². The summed E-state index contributed by atoms with van der Waals surface area (Å²) in [4.78, 5) is 13.8. The predicted molar refractivity (Wildman–Crippen MR) is 70.5 cm³/mol. The van der Waals surface area contributed by atoms with Gasteiger partial charge in [0.2, 0.25) is 0 Å². The van der Waals surface area contributed by atoms with E-state index in [1.54, 1.807) is 12.3 Å². The largest absolute Gasteiger partial charge is 0.373 e. The minimum absolute atomic E-state index is 0.0363. The summed E-state index contributed by atoms with van der Waals surface area (Å²) in [6, 6.07) is 1.64. The molecule has 1 aromatic heterocycles. The Labute approximate surface area is 102 Å². The predicted octanol–water partition coefficient (Wildman–Crippen LogP) is 0.555. The average Bonchev–Trinajstić information content (AvgIpc) is 2.31. The SMILES string of the molecule is CCN(C)c1cnn(CC(C)CNC)c(=O)c1. The van der Waals surface area contributed by atoms with E-state index < -0.39 is 0 Å². The molecule has 0 radical (unpaired) electrons. The Balaban J connectivity index is 2.80. The second-order valence-corrected chi connectivity index (χ2v) is 4.41. The molecule has 0 saturated heterocycles. The zero-order valence-electron chi connectivity index (χ0n) is 11.1. The highest BCUT2D eigenvalue weighted by molar-refractivity contribution is 5.41. The molecule has 1 unspecified atom stereocenters. The van der Waals surface area contributed by atoms with Crippen LogP contribution in [-0.4, -0.2) is 37.0 Å². The zero-order chi connectivity index (χ0) is 12.8. The third kappa shape index (κ3) is 3.85. The highest BCUT2D eigenvalue weighted by Crippen LogP contribution is 2.06. The lowest BCUT2D eigenvalue weighted by Gasteiger charge is -2.17. The first-order valence-corrected chi connectivity index (χ1v) is 6.01. The maximum absolute atomic E-state index is 11.9. The summed E-state index contributed by atoms with van der Waals surface area (Å²) in [6.45, 7) is 6.53. The van der Waals surface area contributed by atoms with E-state index in [2.05, 4.69) is 17.3 Å². The van der Waals surface area contributed by atoms with Gasteiger partial charge in [-0.2, -0.15) is 5.10 Å². The van der Waals surface area contributed by atoms with Crippen LogP contribution < -0.4 is 15.8 Å². The lowest BCUT2D eigenvalue weighted by molar-refractivity contribution is 0.421. The lowest BCUT2D eigenvalue weighted by atomic mass is 10.2. The van der Waals surface area contributed by atoms with Gasteiger partial charge in [-0.3, -0.25) is 4.79 Å². The van der Waals surface area contributed by atoms with Crippen LogP contribution in [0.2, 0.25) is 0 Å². The minimum Gasteiger partial charge on any atom is -0.373 e. The molecule has 1 heterocycles. The Bertz CT molecular complexity index is 402. The van der Waals surface area contributed by atoms with E-state index in [1.807, 2.05) is 25.9 Å². The first-order chi connectivity index (χ1) is 8.08. The summed E-state index contributed by atoms with van der Waals surface area (Å²) in [7, 11) is 3.86. The molecule has 0 amide bonds. The molecule has 0 aromatic carbocycles. The van der Waals surface area contributed by atoms with Crippen molar-refractivity contribution >= 4 is 5.69 Å².